The van der Waals surface area contributed by atoms with Gasteiger partial charge in [0, 0.05) is 5.56 Å². The number of methoxy groups -OCH3 is 2. The third-order valence-electron chi connectivity index (χ3n) is 5.17. The summed E-state index contributed by atoms with van der Waals surface area (Å²) in [6.07, 6.45) is 3.19. The summed E-state index contributed by atoms with van der Waals surface area (Å²) < 4.78 is 15.9. The first kappa shape index (κ1) is 23.8. The first-order valence-electron chi connectivity index (χ1n) is 10.6. The van der Waals surface area contributed by atoms with E-state index in [9.17, 15) is 9.59 Å². The van der Waals surface area contributed by atoms with Crippen LogP contribution in [-0.2, 0) is 5.41 Å². The number of carbonyl (C=O) groups excluding carboxylic acids is 2. The summed E-state index contributed by atoms with van der Waals surface area (Å²) in [7, 11) is 3.13. The van der Waals surface area contributed by atoms with Crippen molar-refractivity contribution in [3.05, 3.63) is 95.1 Å². The van der Waals surface area contributed by atoms with E-state index in [0.717, 1.165) is 11.1 Å². The van der Waals surface area contributed by atoms with Gasteiger partial charge in [0.15, 0.2) is 17.3 Å². The van der Waals surface area contributed by atoms with Crippen molar-refractivity contribution in [2.24, 2.45) is 0 Å². The topological polar surface area (TPSA) is 61.8 Å². The van der Waals surface area contributed by atoms with Crippen molar-refractivity contribution >= 4 is 17.8 Å². The maximum Gasteiger partial charge on any atom is 0.343 e. The van der Waals surface area contributed by atoms with E-state index < -0.39 is 5.97 Å². The van der Waals surface area contributed by atoms with E-state index in [0.29, 0.717) is 28.4 Å². The summed E-state index contributed by atoms with van der Waals surface area (Å²) in [5.41, 5.74) is 2.92. The van der Waals surface area contributed by atoms with Crippen LogP contribution in [0.3, 0.4) is 0 Å². The Hall–Kier alpha value is -3.86. The minimum absolute atomic E-state index is 0.0126. The highest BCUT2D eigenvalue weighted by Crippen LogP contribution is 2.28. The van der Waals surface area contributed by atoms with Gasteiger partial charge >= 0.3 is 5.97 Å². The number of esters is 1. The van der Waals surface area contributed by atoms with Crippen LogP contribution in [-0.4, -0.2) is 26.0 Å². The first-order chi connectivity index (χ1) is 15.7. The lowest BCUT2D eigenvalue weighted by atomic mass is 9.87. The quantitative estimate of drug-likeness (QED) is 0.190. The average molecular weight is 445 g/mol. The van der Waals surface area contributed by atoms with E-state index in [4.69, 9.17) is 14.2 Å². The van der Waals surface area contributed by atoms with Crippen LogP contribution in [0.5, 0.6) is 17.2 Å². The van der Waals surface area contributed by atoms with Gasteiger partial charge in [-0.15, -0.1) is 0 Å². The van der Waals surface area contributed by atoms with Crippen molar-refractivity contribution in [2.45, 2.75) is 26.2 Å². The Morgan fingerprint density at radius 3 is 1.94 bits per heavy atom. The number of carbonyl (C=O) groups is 2. The second kappa shape index (κ2) is 10.2. The number of benzene rings is 3. The molecule has 0 aromatic heterocycles. The van der Waals surface area contributed by atoms with Crippen molar-refractivity contribution in [1.82, 2.24) is 0 Å². The molecule has 0 spiro atoms. The molecule has 0 fully saturated rings. The van der Waals surface area contributed by atoms with Crippen LogP contribution in [0.1, 0.15) is 52.6 Å². The number of hydrogen-bond donors (Lipinski definition) is 0. The zero-order chi connectivity index (χ0) is 24.0. The van der Waals surface area contributed by atoms with E-state index in [1.165, 1.54) is 6.08 Å². The van der Waals surface area contributed by atoms with Gasteiger partial charge in [-0.25, -0.2) is 4.79 Å². The van der Waals surface area contributed by atoms with Crippen molar-refractivity contribution in [1.29, 1.82) is 0 Å². The first-order valence-corrected chi connectivity index (χ1v) is 10.6. The Morgan fingerprint density at radius 2 is 1.36 bits per heavy atom. The van der Waals surface area contributed by atoms with Crippen LogP contribution in [0, 0.1) is 0 Å². The van der Waals surface area contributed by atoms with Crippen LogP contribution in [0.4, 0.5) is 0 Å². The fraction of sp³-hybridized carbons (Fsp3) is 0.214. The molecule has 170 valence electrons. The molecule has 33 heavy (non-hydrogen) atoms. The Bertz CT molecular complexity index is 1150. The minimum atomic E-state index is -0.442. The summed E-state index contributed by atoms with van der Waals surface area (Å²) in [5.74, 6) is 0.978. The molecule has 0 aliphatic carbocycles. The summed E-state index contributed by atoms with van der Waals surface area (Å²) in [5, 5.41) is 0. The number of allylic oxidation sites excluding steroid dienone is 1. The Morgan fingerprint density at radius 1 is 0.758 bits per heavy atom. The predicted molar refractivity (Wildman–Crippen MR) is 129 cm³/mol. The lowest BCUT2D eigenvalue weighted by molar-refractivity contribution is 0.0734. The Kier molecular flexibility index (Phi) is 7.34. The molecule has 0 unspecified atom stereocenters. The lowest BCUT2D eigenvalue weighted by Gasteiger charge is -2.18. The Labute approximate surface area is 194 Å². The molecule has 3 aromatic rings. The molecule has 0 saturated carbocycles. The average Bonchev–Trinajstić information content (AvgIpc) is 2.82. The van der Waals surface area contributed by atoms with Gasteiger partial charge in [-0.1, -0.05) is 45.0 Å². The highest BCUT2D eigenvalue weighted by molar-refractivity contribution is 6.07. The predicted octanol–water partition coefficient (Wildman–Crippen LogP) is 6.12. The standard InChI is InChI=1S/C28H28O5/c1-28(2,3)22-12-8-21(9-13-22)27(30)33-23-14-10-20(11-15-23)24(29)16-6-19-7-17-25(31-4)26(18-19)32-5/h6-18H,1-5H3. The zero-order valence-corrected chi connectivity index (χ0v) is 19.5. The van der Waals surface area contributed by atoms with E-state index in [1.807, 2.05) is 18.2 Å². The molecule has 5 nitrogen and oxygen atoms in total. The molecular weight excluding hydrogens is 416 g/mol. The van der Waals surface area contributed by atoms with Crippen LogP contribution in [0.25, 0.3) is 6.08 Å². The largest absolute Gasteiger partial charge is 0.493 e. The van der Waals surface area contributed by atoms with Crippen molar-refractivity contribution in [3.63, 3.8) is 0 Å². The summed E-state index contributed by atoms with van der Waals surface area (Å²) >= 11 is 0. The third-order valence-corrected chi connectivity index (χ3v) is 5.17. The maximum absolute atomic E-state index is 12.5. The molecule has 0 heterocycles. The summed E-state index contributed by atoms with van der Waals surface area (Å²) in [6, 6.07) is 19.3. The van der Waals surface area contributed by atoms with Crippen LogP contribution in [0.2, 0.25) is 0 Å². The van der Waals surface area contributed by atoms with Gasteiger partial charge in [-0.3, -0.25) is 4.79 Å². The van der Waals surface area contributed by atoms with Gasteiger partial charge < -0.3 is 14.2 Å². The molecule has 3 rings (SSSR count). The lowest BCUT2D eigenvalue weighted by Crippen LogP contribution is -2.13. The molecule has 0 amide bonds. The van der Waals surface area contributed by atoms with E-state index in [-0.39, 0.29) is 11.2 Å². The fourth-order valence-electron chi connectivity index (χ4n) is 3.18. The highest BCUT2D eigenvalue weighted by atomic mass is 16.5. The summed E-state index contributed by atoms with van der Waals surface area (Å²) in [4.78, 5) is 24.9. The van der Waals surface area contributed by atoms with E-state index in [1.54, 1.807) is 68.8 Å². The monoisotopic (exact) mass is 444 g/mol. The van der Waals surface area contributed by atoms with Crippen molar-refractivity contribution in [2.75, 3.05) is 14.2 Å². The molecule has 0 bridgehead atoms. The highest BCUT2D eigenvalue weighted by Gasteiger charge is 2.15. The normalized spacial score (nSPS) is 11.3. The molecule has 3 aromatic carbocycles. The van der Waals surface area contributed by atoms with Crippen LogP contribution >= 0.6 is 0 Å². The zero-order valence-electron chi connectivity index (χ0n) is 19.5. The minimum Gasteiger partial charge on any atom is -0.493 e. The van der Waals surface area contributed by atoms with Crippen molar-refractivity contribution < 1.29 is 23.8 Å². The van der Waals surface area contributed by atoms with E-state index in [2.05, 4.69) is 20.8 Å². The van der Waals surface area contributed by atoms with Gasteiger partial charge in [-0.2, -0.15) is 0 Å². The number of rotatable bonds is 7. The molecule has 5 heteroatoms. The van der Waals surface area contributed by atoms with Gasteiger partial charge in [0.25, 0.3) is 0 Å². The number of hydrogen-bond acceptors (Lipinski definition) is 5. The second-order valence-corrected chi connectivity index (χ2v) is 8.55. The van der Waals surface area contributed by atoms with Gasteiger partial charge in [0.2, 0.25) is 0 Å². The molecular formula is C28H28O5. The van der Waals surface area contributed by atoms with Gasteiger partial charge in [0.1, 0.15) is 5.75 Å². The second-order valence-electron chi connectivity index (χ2n) is 8.55. The molecule has 0 atom stereocenters. The van der Waals surface area contributed by atoms with Gasteiger partial charge in [-0.05, 0) is 71.1 Å². The summed E-state index contributed by atoms with van der Waals surface area (Å²) in [6.45, 7) is 6.35. The SMILES string of the molecule is COc1ccc(C=CC(=O)c2ccc(OC(=O)c3ccc(C(C)(C)C)cc3)cc2)cc1OC. The molecule has 0 saturated heterocycles. The smallest absolute Gasteiger partial charge is 0.343 e. The molecule has 0 N–H and O–H groups in total. The molecule has 0 aliphatic heterocycles. The number of ketones is 1. The number of ether oxygens (including phenoxy) is 3. The van der Waals surface area contributed by atoms with Crippen LogP contribution < -0.4 is 14.2 Å². The molecule has 0 aliphatic rings. The van der Waals surface area contributed by atoms with Gasteiger partial charge in [0.05, 0.1) is 19.8 Å². The van der Waals surface area contributed by atoms with E-state index >= 15 is 0 Å². The maximum atomic E-state index is 12.5. The third kappa shape index (κ3) is 6.10. The Balaban J connectivity index is 1.64. The molecule has 0 radical (unpaired) electrons. The van der Waals surface area contributed by atoms with Crippen LogP contribution in [0.15, 0.2) is 72.8 Å². The fourth-order valence-corrected chi connectivity index (χ4v) is 3.18. The van der Waals surface area contributed by atoms with Crippen molar-refractivity contribution in [3.8, 4) is 17.2 Å².